The van der Waals surface area contributed by atoms with Gasteiger partial charge in [0, 0.05) is 26.8 Å². The van der Waals surface area contributed by atoms with Gasteiger partial charge in [-0.1, -0.05) is 38.9 Å². The molecule has 0 aliphatic heterocycles. The highest BCUT2D eigenvalue weighted by Crippen LogP contribution is 2.23. The highest BCUT2D eigenvalue weighted by atomic mass is 28.3. The molecule has 1 fully saturated rings. The van der Waals surface area contributed by atoms with Gasteiger partial charge in [0.05, 0.1) is 6.20 Å². The van der Waals surface area contributed by atoms with Crippen molar-refractivity contribution < 1.29 is 9.53 Å². The van der Waals surface area contributed by atoms with Crippen molar-refractivity contribution in [3.8, 4) is 0 Å². The lowest BCUT2D eigenvalue weighted by Crippen LogP contribution is -2.36. The number of hydrogen-bond acceptors (Lipinski definition) is 5. The molecule has 27 heavy (non-hydrogen) atoms. The molecule has 1 saturated carbocycles. The molecule has 3 rings (SSSR count). The molecule has 0 unspecified atom stereocenters. The Hall–Kier alpha value is -1.93. The lowest BCUT2D eigenvalue weighted by atomic mass is 9.89. The van der Waals surface area contributed by atoms with Crippen molar-refractivity contribution in [2.45, 2.75) is 64.5 Å². The van der Waals surface area contributed by atoms with Crippen LogP contribution in [-0.4, -0.2) is 35.1 Å². The van der Waals surface area contributed by atoms with Gasteiger partial charge in [-0.2, -0.15) is 0 Å². The molecule has 0 bridgehead atoms. The first kappa shape index (κ1) is 19.8. The lowest BCUT2D eigenvalue weighted by molar-refractivity contribution is -0.125. The number of amides is 1. The zero-order valence-electron chi connectivity index (χ0n) is 16.6. The quantitative estimate of drug-likeness (QED) is 0.408. The van der Waals surface area contributed by atoms with E-state index in [9.17, 15) is 4.79 Å². The summed E-state index contributed by atoms with van der Waals surface area (Å²) < 4.78 is 7.75. The number of nitrogens with zero attached hydrogens (tertiary/aromatic N) is 3. The van der Waals surface area contributed by atoms with Gasteiger partial charge in [-0.15, -0.1) is 0 Å². The van der Waals surface area contributed by atoms with Crippen molar-refractivity contribution in [1.29, 1.82) is 0 Å². The summed E-state index contributed by atoms with van der Waals surface area (Å²) in [7, 11) is -1.08. The minimum atomic E-state index is -1.08. The number of ether oxygens (including phenoxy) is 1. The molecule has 0 spiro atoms. The number of rotatable bonds is 8. The first-order valence-electron chi connectivity index (χ1n) is 9.88. The zero-order valence-corrected chi connectivity index (χ0v) is 17.6. The molecule has 0 radical (unpaired) electrons. The summed E-state index contributed by atoms with van der Waals surface area (Å²) >= 11 is 0. The Bertz CT molecular complexity index is 765. The number of hydrazine groups is 1. The van der Waals surface area contributed by atoms with E-state index in [1.807, 2.05) is 16.8 Å². The van der Waals surface area contributed by atoms with E-state index in [0.717, 1.165) is 49.5 Å². The fraction of sp³-hybridized carbons (Fsp3) is 0.632. The molecular formula is C19H31N5O2Si. The monoisotopic (exact) mass is 389 g/mol. The molecule has 0 atom stereocenters. The molecule has 148 valence electrons. The van der Waals surface area contributed by atoms with E-state index in [2.05, 4.69) is 40.5 Å². The molecule has 0 saturated heterocycles. The Kier molecular flexibility index (Phi) is 6.49. The summed E-state index contributed by atoms with van der Waals surface area (Å²) in [5, 5.41) is 0. The predicted octanol–water partition coefficient (Wildman–Crippen LogP) is 3.77. The average Bonchev–Trinajstić information content (AvgIpc) is 3.05. The van der Waals surface area contributed by atoms with E-state index in [0.29, 0.717) is 12.5 Å². The molecular weight excluding hydrogens is 358 g/mol. The third-order valence-electron chi connectivity index (χ3n) is 4.98. The summed E-state index contributed by atoms with van der Waals surface area (Å²) in [5.41, 5.74) is 7.24. The molecule has 2 aromatic heterocycles. The van der Waals surface area contributed by atoms with Gasteiger partial charge in [0.25, 0.3) is 0 Å². The van der Waals surface area contributed by atoms with Crippen LogP contribution in [0.5, 0.6) is 0 Å². The maximum Gasteiger partial charge on any atom is 0.241 e. The maximum atomic E-state index is 12.2. The smallest absolute Gasteiger partial charge is 0.241 e. The van der Waals surface area contributed by atoms with Crippen molar-refractivity contribution in [2.24, 2.45) is 5.92 Å². The van der Waals surface area contributed by atoms with Gasteiger partial charge >= 0.3 is 0 Å². The van der Waals surface area contributed by atoms with E-state index in [-0.39, 0.29) is 11.8 Å². The first-order valence-corrected chi connectivity index (χ1v) is 13.6. The summed E-state index contributed by atoms with van der Waals surface area (Å²) in [5.74, 6) is 0.700. The van der Waals surface area contributed by atoms with Crippen molar-refractivity contribution in [1.82, 2.24) is 20.0 Å². The second-order valence-electron chi connectivity index (χ2n) is 8.55. The molecule has 8 heteroatoms. The van der Waals surface area contributed by atoms with Gasteiger partial charge in [-0.05, 0) is 25.0 Å². The maximum absolute atomic E-state index is 12.2. The Morgan fingerprint density at radius 3 is 2.81 bits per heavy atom. The van der Waals surface area contributed by atoms with Gasteiger partial charge < -0.3 is 9.30 Å². The van der Waals surface area contributed by atoms with Crippen LogP contribution >= 0.6 is 0 Å². The standard InChI is InChI=1S/C19H31N5O2Si/c1-27(2,3)12-11-26-14-24-10-9-16-18(24)20-13-17(21-16)22-23-19(25)15-7-5-4-6-8-15/h9-10,13,15H,4-8,11-12,14H2,1-3H3,(H,21,22)(H,23,25). The molecule has 1 aliphatic carbocycles. The number of fused-ring (bicyclic) bond motifs is 1. The molecule has 2 N–H and O–H groups in total. The van der Waals surface area contributed by atoms with Crippen molar-refractivity contribution in [3.05, 3.63) is 18.5 Å². The zero-order chi connectivity index (χ0) is 19.3. The van der Waals surface area contributed by atoms with Crippen LogP contribution < -0.4 is 10.9 Å². The minimum Gasteiger partial charge on any atom is -0.361 e. The third-order valence-corrected chi connectivity index (χ3v) is 6.68. The summed E-state index contributed by atoms with van der Waals surface area (Å²) in [6, 6.07) is 3.06. The molecule has 2 heterocycles. The molecule has 1 amide bonds. The Balaban J connectivity index is 1.52. The van der Waals surface area contributed by atoms with Crippen LogP contribution in [0.25, 0.3) is 11.2 Å². The van der Waals surface area contributed by atoms with Gasteiger partial charge in [0.15, 0.2) is 11.5 Å². The second kappa shape index (κ2) is 8.84. The fourth-order valence-electron chi connectivity index (χ4n) is 3.26. The van der Waals surface area contributed by atoms with Gasteiger partial charge in [-0.25, -0.2) is 9.97 Å². The van der Waals surface area contributed by atoms with E-state index in [4.69, 9.17) is 4.74 Å². The first-order chi connectivity index (χ1) is 12.9. The number of anilines is 1. The third kappa shape index (κ3) is 5.77. The highest BCUT2D eigenvalue weighted by Gasteiger charge is 2.21. The SMILES string of the molecule is C[Si](C)(C)CCOCn1ccc2nc(NNC(=O)C3CCCCC3)cnc21. The largest absolute Gasteiger partial charge is 0.361 e. The van der Waals surface area contributed by atoms with Gasteiger partial charge in [0.2, 0.25) is 5.91 Å². The van der Waals surface area contributed by atoms with Crippen molar-refractivity contribution >= 4 is 31.0 Å². The van der Waals surface area contributed by atoms with Gasteiger partial charge in [-0.3, -0.25) is 15.6 Å². The number of aromatic nitrogens is 3. The van der Waals surface area contributed by atoms with Crippen LogP contribution in [0, 0.1) is 5.92 Å². The number of hydrogen-bond donors (Lipinski definition) is 2. The Labute approximate surface area is 161 Å². The van der Waals surface area contributed by atoms with Crippen LogP contribution in [0.1, 0.15) is 32.1 Å². The fourth-order valence-corrected chi connectivity index (χ4v) is 4.02. The Morgan fingerprint density at radius 2 is 2.07 bits per heavy atom. The van der Waals surface area contributed by atoms with Crippen LogP contribution in [0.2, 0.25) is 25.7 Å². The normalized spacial score (nSPS) is 15.8. The predicted molar refractivity (Wildman–Crippen MR) is 110 cm³/mol. The Morgan fingerprint density at radius 1 is 1.30 bits per heavy atom. The minimum absolute atomic E-state index is 0.0463. The van der Waals surface area contributed by atoms with Crippen LogP contribution in [0.3, 0.4) is 0 Å². The van der Waals surface area contributed by atoms with E-state index in [1.165, 1.54) is 6.42 Å². The van der Waals surface area contributed by atoms with Gasteiger partial charge in [0.1, 0.15) is 12.2 Å². The second-order valence-corrected chi connectivity index (χ2v) is 14.2. The number of nitrogens with one attached hydrogen (secondary N) is 2. The van der Waals surface area contributed by atoms with E-state index < -0.39 is 8.07 Å². The van der Waals surface area contributed by atoms with E-state index in [1.54, 1.807) is 6.20 Å². The van der Waals surface area contributed by atoms with E-state index >= 15 is 0 Å². The van der Waals surface area contributed by atoms with Crippen molar-refractivity contribution in [2.75, 3.05) is 12.0 Å². The summed E-state index contributed by atoms with van der Waals surface area (Å²) in [6.45, 7) is 8.28. The number of carbonyl (C=O) groups excluding carboxylic acids is 1. The summed E-state index contributed by atoms with van der Waals surface area (Å²) in [6.07, 6.45) is 9.02. The molecule has 7 nitrogen and oxygen atoms in total. The lowest BCUT2D eigenvalue weighted by Gasteiger charge is -2.20. The number of carbonyl (C=O) groups is 1. The summed E-state index contributed by atoms with van der Waals surface area (Å²) in [4.78, 5) is 21.2. The molecule has 1 aliphatic rings. The average molecular weight is 390 g/mol. The van der Waals surface area contributed by atoms with Crippen LogP contribution in [-0.2, 0) is 16.3 Å². The van der Waals surface area contributed by atoms with Crippen molar-refractivity contribution in [3.63, 3.8) is 0 Å². The van der Waals surface area contributed by atoms with Crippen LogP contribution in [0.4, 0.5) is 5.82 Å². The highest BCUT2D eigenvalue weighted by molar-refractivity contribution is 6.76. The molecule has 2 aromatic rings. The molecule has 0 aromatic carbocycles. The topological polar surface area (TPSA) is 81.1 Å². The van der Waals surface area contributed by atoms with Crippen LogP contribution in [0.15, 0.2) is 18.5 Å².